The number of aromatic carboxylic acids is 1. The number of carboxylic acid groups (broad SMARTS) is 1. The van der Waals surface area contributed by atoms with Crippen LogP contribution in [0.3, 0.4) is 0 Å². The zero-order valence-electron chi connectivity index (χ0n) is 14.2. The molecule has 0 heterocycles. The van der Waals surface area contributed by atoms with Crippen molar-refractivity contribution in [3.8, 4) is 0 Å². The number of nitrogens with one attached hydrogen (secondary N) is 1. The Balaban J connectivity index is 2.42. The van der Waals surface area contributed by atoms with E-state index in [9.17, 15) is 17.4 Å². The molecule has 26 heavy (non-hydrogen) atoms. The lowest BCUT2D eigenvalue weighted by Crippen LogP contribution is -2.15. The first-order chi connectivity index (χ1) is 12.2. The van der Waals surface area contributed by atoms with Crippen LogP contribution in [0.4, 0.5) is 11.4 Å². The molecule has 2 aromatic carbocycles. The highest BCUT2D eigenvalue weighted by Crippen LogP contribution is 2.28. The molecule has 0 saturated carbocycles. The van der Waals surface area contributed by atoms with Gasteiger partial charge in [0.25, 0.3) is 10.0 Å². The Kier molecular flexibility index (Phi) is 6.27. The fraction of sp³-hybridized carbons (Fsp3) is 0.176. The molecule has 0 aromatic heterocycles. The summed E-state index contributed by atoms with van der Waals surface area (Å²) in [5, 5.41) is 9.08. The van der Waals surface area contributed by atoms with Crippen LogP contribution in [0.5, 0.6) is 0 Å². The van der Waals surface area contributed by atoms with Crippen molar-refractivity contribution in [1.82, 2.24) is 0 Å². The number of benzene rings is 2. The molecule has 2 rings (SSSR count). The molecule has 0 radical (unpaired) electrons. The molecule has 0 aliphatic heterocycles. The van der Waals surface area contributed by atoms with Gasteiger partial charge >= 0.3 is 5.97 Å². The van der Waals surface area contributed by atoms with Crippen LogP contribution in [0.25, 0.3) is 0 Å². The van der Waals surface area contributed by atoms with Gasteiger partial charge < -0.3 is 5.11 Å². The second-order valence-corrected chi connectivity index (χ2v) is 8.51. The van der Waals surface area contributed by atoms with Gasteiger partial charge in [-0.3, -0.25) is 8.93 Å². The van der Waals surface area contributed by atoms with Gasteiger partial charge in [0.15, 0.2) is 0 Å². The highest BCUT2D eigenvalue weighted by molar-refractivity contribution is 7.98. The number of nitrogens with zero attached hydrogens (tertiary/aromatic N) is 1. The molecule has 1 unspecified atom stereocenters. The fourth-order valence-electron chi connectivity index (χ4n) is 2.08. The average Bonchev–Trinajstić information content (AvgIpc) is 2.60. The quantitative estimate of drug-likeness (QED) is 0.554. The number of carboxylic acids is 1. The zero-order chi connectivity index (χ0) is 19.3. The third-order valence-corrected chi connectivity index (χ3v) is 5.88. The van der Waals surface area contributed by atoms with Crippen LogP contribution in [0.15, 0.2) is 52.4 Å². The summed E-state index contributed by atoms with van der Waals surface area (Å²) in [5.41, 5.74) is 2.06. The monoisotopic (exact) mass is 394 g/mol. The van der Waals surface area contributed by atoms with E-state index < -0.39 is 26.8 Å². The van der Waals surface area contributed by atoms with Gasteiger partial charge in [0.05, 0.1) is 38.2 Å². The summed E-state index contributed by atoms with van der Waals surface area (Å²) in [5.74, 6) is -0.813. The Morgan fingerprint density at radius 1 is 1.27 bits per heavy atom. The molecule has 0 aliphatic carbocycles. The zero-order valence-corrected chi connectivity index (χ0v) is 15.8. The summed E-state index contributed by atoms with van der Waals surface area (Å²) in [4.78, 5) is 15.1. The van der Waals surface area contributed by atoms with E-state index in [0.29, 0.717) is 17.0 Å². The second-order valence-electron chi connectivity index (χ2n) is 5.31. The molecule has 9 heteroatoms. The predicted octanol–water partition coefficient (Wildman–Crippen LogP) is 2.92. The highest BCUT2D eigenvalue weighted by atomic mass is 32.2. The number of sulfonamides is 1. The lowest BCUT2D eigenvalue weighted by atomic mass is 10.1. The minimum absolute atomic E-state index is 0.124. The fourth-order valence-corrected chi connectivity index (χ4v) is 3.81. The molecule has 0 fully saturated rings. The number of anilines is 1. The summed E-state index contributed by atoms with van der Waals surface area (Å²) in [6.45, 7) is 3.32. The minimum Gasteiger partial charge on any atom is -0.478 e. The van der Waals surface area contributed by atoms with Crippen LogP contribution >= 0.6 is 0 Å². The Bertz CT molecular complexity index is 984. The Hall–Kier alpha value is -2.52. The van der Waals surface area contributed by atoms with Crippen molar-refractivity contribution in [2.24, 2.45) is 4.99 Å². The van der Waals surface area contributed by atoms with Crippen molar-refractivity contribution in [3.05, 3.63) is 53.6 Å². The number of hydrogen-bond acceptors (Lipinski definition) is 5. The normalized spacial score (nSPS) is 12.8. The van der Waals surface area contributed by atoms with Gasteiger partial charge in [-0.1, -0.05) is 25.1 Å². The number of para-hydroxylation sites is 2. The Morgan fingerprint density at radius 3 is 2.62 bits per heavy atom. The van der Waals surface area contributed by atoms with E-state index in [-0.39, 0.29) is 16.1 Å². The average molecular weight is 394 g/mol. The largest absolute Gasteiger partial charge is 0.478 e. The van der Waals surface area contributed by atoms with Crippen LogP contribution < -0.4 is 4.72 Å². The number of aliphatic imine (C=N–C) groups is 1. The minimum atomic E-state index is -4.03. The van der Waals surface area contributed by atoms with E-state index in [2.05, 4.69) is 9.71 Å². The molecule has 2 N–H and O–H groups in total. The summed E-state index contributed by atoms with van der Waals surface area (Å²) in [7, 11) is -5.27. The van der Waals surface area contributed by atoms with Crippen molar-refractivity contribution in [2.75, 3.05) is 10.5 Å². The van der Waals surface area contributed by atoms with Gasteiger partial charge in [-0.05, 0) is 36.8 Å². The standard InChI is InChI=1S/C17H18N2O5S2/c1-3-25(22)11-18-14-6-4-5-7-15(14)19-26(23,24)16-10-13(17(20)21)9-8-12(16)2/h4-11,19H,3H2,1-2H3,(H,20,21). The van der Waals surface area contributed by atoms with E-state index in [1.165, 1.54) is 23.7 Å². The third-order valence-electron chi connectivity index (χ3n) is 3.47. The molecule has 2 aromatic rings. The maximum atomic E-state index is 12.7. The molecule has 0 saturated heterocycles. The number of carbonyl (C=O) groups is 1. The molecular formula is C17H18N2O5S2. The molecule has 0 spiro atoms. The summed E-state index contributed by atoms with van der Waals surface area (Å²) in [6.07, 6.45) is 0. The van der Waals surface area contributed by atoms with Crippen LogP contribution in [0.1, 0.15) is 22.8 Å². The molecule has 0 aliphatic rings. The maximum Gasteiger partial charge on any atom is 0.335 e. The van der Waals surface area contributed by atoms with Gasteiger partial charge in [0.1, 0.15) is 0 Å². The topological polar surface area (TPSA) is 113 Å². The smallest absolute Gasteiger partial charge is 0.335 e. The lowest BCUT2D eigenvalue weighted by molar-refractivity contribution is 0.0696. The van der Waals surface area contributed by atoms with Crippen molar-refractivity contribution >= 4 is 43.7 Å². The summed E-state index contributed by atoms with van der Waals surface area (Å²) >= 11 is 0. The highest BCUT2D eigenvalue weighted by Gasteiger charge is 2.20. The molecule has 1 atom stereocenters. The summed E-state index contributed by atoms with van der Waals surface area (Å²) < 4.78 is 39.4. The van der Waals surface area contributed by atoms with Gasteiger partial charge in [0, 0.05) is 5.75 Å². The molecule has 7 nitrogen and oxygen atoms in total. The molecule has 0 bridgehead atoms. The van der Waals surface area contributed by atoms with Crippen LogP contribution in [-0.4, -0.2) is 35.0 Å². The number of aryl methyl sites for hydroxylation is 1. The van der Waals surface area contributed by atoms with Crippen LogP contribution in [0, 0.1) is 6.92 Å². The summed E-state index contributed by atoms with van der Waals surface area (Å²) in [6, 6.07) is 10.3. The number of rotatable bonds is 7. The van der Waals surface area contributed by atoms with Gasteiger partial charge in [0.2, 0.25) is 0 Å². The van der Waals surface area contributed by atoms with Crippen molar-refractivity contribution < 1.29 is 22.5 Å². The van der Waals surface area contributed by atoms with Gasteiger partial charge in [-0.25, -0.2) is 18.2 Å². The van der Waals surface area contributed by atoms with Crippen molar-refractivity contribution in [3.63, 3.8) is 0 Å². The second kappa shape index (κ2) is 8.24. The van der Waals surface area contributed by atoms with Crippen LogP contribution in [0.2, 0.25) is 0 Å². The van der Waals surface area contributed by atoms with E-state index in [0.717, 1.165) is 6.07 Å². The Labute approximate surface area is 154 Å². The van der Waals surface area contributed by atoms with Crippen molar-refractivity contribution in [1.29, 1.82) is 0 Å². The van der Waals surface area contributed by atoms with Gasteiger partial charge in [-0.15, -0.1) is 0 Å². The molecule has 0 amide bonds. The number of hydrogen-bond donors (Lipinski definition) is 2. The van der Waals surface area contributed by atoms with Gasteiger partial charge in [-0.2, -0.15) is 0 Å². The Morgan fingerprint density at radius 2 is 1.96 bits per heavy atom. The van der Waals surface area contributed by atoms with Crippen LogP contribution in [-0.2, 0) is 20.8 Å². The maximum absolute atomic E-state index is 12.7. The first-order valence-electron chi connectivity index (χ1n) is 7.61. The van der Waals surface area contributed by atoms with Crippen molar-refractivity contribution in [2.45, 2.75) is 18.7 Å². The third kappa shape index (κ3) is 4.77. The predicted molar refractivity (Wildman–Crippen MR) is 102 cm³/mol. The van der Waals surface area contributed by atoms with E-state index in [1.54, 1.807) is 32.0 Å². The van der Waals surface area contributed by atoms with E-state index in [4.69, 9.17) is 5.11 Å². The first kappa shape index (κ1) is 19.8. The van der Waals surface area contributed by atoms with E-state index >= 15 is 0 Å². The van der Waals surface area contributed by atoms with E-state index in [1.807, 2.05) is 0 Å². The first-order valence-corrected chi connectivity index (χ1v) is 10.5. The molecular weight excluding hydrogens is 376 g/mol. The lowest BCUT2D eigenvalue weighted by Gasteiger charge is -2.12. The SMILES string of the molecule is CCS(=O)C=Nc1ccccc1NS(=O)(=O)c1cc(C(=O)O)ccc1C. The molecule has 138 valence electrons.